The number of nitro groups is 1. The van der Waals surface area contributed by atoms with E-state index in [9.17, 15) is 19.3 Å². The fourth-order valence-electron chi connectivity index (χ4n) is 1.16. The third kappa shape index (κ3) is 2.82. The van der Waals surface area contributed by atoms with Gasteiger partial charge in [0, 0.05) is 6.07 Å². The number of hydrogen-bond donors (Lipinski definition) is 1. The summed E-state index contributed by atoms with van der Waals surface area (Å²) >= 11 is 0. The Bertz CT molecular complexity index is 602. The van der Waals surface area contributed by atoms with Gasteiger partial charge in [0.05, 0.1) is 11.1 Å². The number of allylic oxidation sites excluding steroid dienone is 1. The van der Waals surface area contributed by atoms with E-state index in [1.54, 1.807) is 6.07 Å². The first-order valence-electron chi connectivity index (χ1n) is 4.60. The van der Waals surface area contributed by atoms with E-state index >= 15 is 0 Å². The smallest absolute Gasteiger partial charge is 0.305 e. The maximum absolute atomic E-state index is 13.0. The van der Waals surface area contributed by atoms with Crippen molar-refractivity contribution in [2.75, 3.05) is 0 Å². The van der Waals surface area contributed by atoms with Gasteiger partial charge in [-0.1, -0.05) is 6.07 Å². The van der Waals surface area contributed by atoms with Gasteiger partial charge >= 0.3 is 5.69 Å². The van der Waals surface area contributed by atoms with Crippen molar-refractivity contribution >= 4 is 23.8 Å². The highest BCUT2D eigenvalue weighted by molar-refractivity contribution is 6.36. The Morgan fingerprint density at radius 3 is 2.72 bits per heavy atom. The number of nitrogens with one attached hydrogen (secondary N) is 1. The van der Waals surface area contributed by atoms with Crippen LogP contribution in [0.3, 0.4) is 0 Å². The van der Waals surface area contributed by atoms with Gasteiger partial charge in [-0.3, -0.25) is 14.9 Å². The molecule has 0 saturated heterocycles. The number of rotatable bonds is 4. The molecule has 6 nitrogen and oxygen atoms in total. The van der Waals surface area contributed by atoms with E-state index in [2.05, 4.69) is 0 Å². The van der Waals surface area contributed by atoms with E-state index in [0.29, 0.717) is 6.21 Å². The molecule has 1 aromatic rings. The lowest BCUT2D eigenvalue weighted by atomic mass is 10.1. The standard InChI is InChI=1S/C11H6FN3O3/c12-9-2-1-7(4-10(9)15(17)18)3-8(5-13)11(16)6-14/h1-4,6,14H. The van der Waals surface area contributed by atoms with Crippen molar-refractivity contribution in [2.24, 2.45) is 0 Å². The van der Waals surface area contributed by atoms with Crippen LogP contribution in [0.4, 0.5) is 10.1 Å². The van der Waals surface area contributed by atoms with E-state index in [-0.39, 0.29) is 11.1 Å². The lowest BCUT2D eigenvalue weighted by molar-refractivity contribution is -0.387. The van der Waals surface area contributed by atoms with Crippen LogP contribution in [0.15, 0.2) is 23.8 Å². The van der Waals surface area contributed by atoms with Gasteiger partial charge in [-0.15, -0.1) is 0 Å². The van der Waals surface area contributed by atoms with Gasteiger partial charge in [0.1, 0.15) is 11.6 Å². The lowest BCUT2D eigenvalue weighted by Crippen LogP contribution is -2.01. The summed E-state index contributed by atoms with van der Waals surface area (Å²) in [4.78, 5) is 20.7. The summed E-state index contributed by atoms with van der Waals surface area (Å²) < 4.78 is 13.0. The molecule has 0 aromatic heterocycles. The first-order valence-corrected chi connectivity index (χ1v) is 4.60. The number of nitriles is 1. The fraction of sp³-hybridized carbons (Fsp3) is 0. The SMILES string of the molecule is N#CC(=Cc1ccc(F)c([N+](=O)[O-])c1)C(=O)C=N. The molecule has 90 valence electrons. The minimum absolute atomic E-state index is 0.134. The van der Waals surface area contributed by atoms with Crippen LogP contribution in [0.25, 0.3) is 6.08 Å². The Morgan fingerprint density at radius 2 is 2.22 bits per heavy atom. The normalized spacial score (nSPS) is 10.6. The van der Waals surface area contributed by atoms with Crippen molar-refractivity contribution in [1.82, 2.24) is 0 Å². The van der Waals surface area contributed by atoms with Gasteiger partial charge in [0.25, 0.3) is 0 Å². The molecule has 0 aliphatic carbocycles. The zero-order valence-corrected chi connectivity index (χ0v) is 8.88. The molecule has 0 amide bonds. The second-order valence-corrected chi connectivity index (χ2v) is 3.15. The van der Waals surface area contributed by atoms with Crippen molar-refractivity contribution in [1.29, 1.82) is 10.7 Å². The summed E-state index contributed by atoms with van der Waals surface area (Å²) in [5, 5.41) is 25.9. The van der Waals surface area contributed by atoms with Crippen LogP contribution in [0, 0.1) is 32.7 Å². The van der Waals surface area contributed by atoms with Crippen LogP contribution in [-0.4, -0.2) is 16.9 Å². The Labute approximate surface area is 101 Å². The molecule has 7 heteroatoms. The summed E-state index contributed by atoms with van der Waals surface area (Å²) in [6.07, 6.45) is 1.51. The Balaban J connectivity index is 3.27. The van der Waals surface area contributed by atoms with E-state index in [0.717, 1.165) is 18.2 Å². The van der Waals surface area contributed by atoms with Crippen LogP contribution in [0.2, 0.25) is 0 Å². The molecule has 0 saturated carbocycles. The summed E-state index contributed by atoms with van der Waals surface area (Å²) in [6, 6.07) is 4.53. The number of carbonyl (C=O) groups is 1. The molecular weight excluding hydrogens is 241 g/mol. The quantitative estimate of drug-likeness (QED) is 0.288. The largest absolute Gasteiger partial charge is 0.305 e. The number of ketones is 1. The second-order valence-electron chi connectivity index (χ2n) is 3.15. The highest BCUT2D eigenvalue weighted by Gasteiger charge is 2.14. The predicted molar refractivity (Wildman–Crippen MR) is 60.4 cm³/mol. The lowest BCUT2D eigenvalue weighted by Gasteiger charge is -1.97. The van der Waals surface area contributed by atoms with Gasteiger partial charge in [0.15, 0.2) is 0 Å². The molecule has 0 heterocycles. The van der Waals surface area contributed by atoms with Crippen molar-refractivity contribution in [3.05, 3.63) is 45.3 Å². The molecular formula is C11H6FN3O3. The van der Waals surface area contributed by atoms with E-state index in [1.807, 2.05) is 0 Å². The molecule has 0 radical (unpaired) electrons. The van der Waals surface area contributed by atoms with Crippen LogP contribution in [-0.2, 0) is 4.79 Å². The molecule has 0 aliphatic heterocycles. The molecule has 0 bridgehead atoms. The highest BCUT2D eigenvalue weighted by atomic mass is 19.1. The average Bonchev–Trinajstić information content (AvgIpc) is 2.36. The van der Waals surface area contributed by atoms with Gasteiger partial charge in [-0.05, 0) is 17.7 Å². The summed E-state index contributed by atoms with van der Waals surface area (Å²) in [5.41, 5.74) is -0.968. The minimum atomic E-state index is -1.01. The van der Waals surface area contributed by atoms with Crippen LogP contribution in [0.1, 0.15) is 5.56 Å². The second kappa shape index (κ2) is 5.45. The summed E-state index contributed by atoms with van der Waals surface area (Å²) in [5.74, 6) is -1.83. The number of carbonyl (C=O) groups excluding carboxylic acids is 1. The molecule has 1 rings (SSSR count). The van der Waals surface area contributed by atoms with Crippen molar-refractivity contribution < 1.29 is 14.1 Å². The summed E-state index contributed by atoms with van der Waals surface area (Å²) in [7, 11) is 0. The summed E-state index contributed by atoms with van der Waals surface area (Å²) in [6.45, 7) is 0. The van der Waals surface area contributed by atoms with Crippen LogP contribution >= 0.6 is 0 Å². The zero-order valence-electron chi connectivity index (χ0n) is 8.88. The Hall–Kier alpha value is -2.88. The number of nitro benzene ring substituents is 1. The molecule has 18 heavy (non-hydrogen) atoms. The molecule has 0 fully saturated rings. The Kier molecular flexibility index (Phi) is 3.99. The number of Topliss-reactive ketones (excluding diaryl/α,β-unsaturated/α-hetero) is 1. The van der Waals surface area contributed by atoms with Gasteiger partial charge in [-0.25, -0.2) is 0 Å². The number of halogens is 1. The molecule has 0 unspecified atom stereocenters. The topological polar surface area (TPSA) is 108 Å². The number of hydrogen-bond acceptors (Lipinski definition) is 5. The maximum Gasteiger partial charge on any atom is 0.305 e. The minimum Gasteiger partial charge on any atom is -0.305 e. The van der Waals surface area contributed by atoms with E-state index in [4.69, 9.17) is 10.7 Å². The van der Waals surface area contributed by atoms with Crippen LogP contribution < -0.4 is 0 Å². The maximum atomic E-state index is 13.0. The number of nitrogens with zero attached hydrogens (tertiary/aromatic N) is 2. The van der Waals surface area contributed by atoms with Crippen molar-refractivity contribution in [3.8, 4) is 6.07 Å². The third-order valence-corrected chi connectivity index (χ3v) is 1.99. The molecule has 1 aromatic carbocycles. The zero-order chi connectivity index (χ0) is 13.7. The first-order chi connectivity index (χ1) is 8.49. The van der Waals surface area contributed by atoms with Crippen molar-refractivity contribution in [3.63, 3.8) is 0 Å². The third-order valence-electron chi connectivity index (χ3n) is 1.99. The highest BCUT2D eigenvalue weighted by Crippen LogP contribution is 2.20. The fourth-order valence-corrected chi connectivity index (χ4v) is 1.16. The molecule has 0 spiro atoms. The van der Waals surface area contributed by atoms with Gasteiger partial charge in [0.2, 0.25) is 11.6 Å². The Morgan fingerprint density at radius 1 is 1.56 bits per heavy atom. The van der Waals surface area contributed by atoms with Crippen molar-refractivity contribution in [2.45, 2.75) is 0 Å². The van der Waals surface area contributed by atoms with Gasteiger partial charge < -0.3 is 5.41 Å². The molecule has 1 N–H and O–H groups in total. The molecule has 0 aliphatic rings. The first kappa shape index (κ1) is 13.2. The molecule has 0 atom stereocenters. The van der Waals surface area contributed by atoms with E-state index < -0.39 is 22.2 Å². The number of benzene rings is 1. The predicted octanol–water partition coefficient (Wildman–Crippen LogP) is 1.86. The monoisotopic (exact) mass is 247 g/mol. The van der Waals surface area contributed by atoms with Gasteiger partial charge in [-0.2, -0.15) is 9.65 Å². The average molecular weight is 247 g/mol. The van der Waals surface area contributed by atoms with Crippen LogP contribution in [0.5, 0.6) is 0 Å². The van der Waals surface area contributed by atoms with E-state index in [1.165, 1.54) is 6.07 Å².